The van der Waals surface area contributed by atoms with Crippen LogP contribution in [0.2, 0.25) is 0 Å². The summed E-state index contributed by atoms with van der Waals surface area (Å²) >= 11 is 0. The largest absolute Gasteiger partial charge is 0.328 e. The molecule has 0 saturated heterocycles. The standard InChI is InChI=1S/C6H12O4S/c1-2-3-4-5-10-11(8,9)6-7/h6H,2-5H2,1H3. The van der Waals surface area contributed by atoms with E-state index in [9.17, 15) is 13.2 Å². The van der Waals surface area contributed by atoms with E-state index < -0.39 is 10.1 Å². The van der Waals surface area contributed by atoms with Gasteiger partial charge in [0.25, 0.3) is 5.62 Å². The van der Waals surface area contributed by atoms with Gasteiger partial charge < -0.3 is 0 Å². The molecule has 0 amide bonds. The van der Waals surface area contributed by atoms with E-state index in [1.165, 1.54) is 0 Å². The third-order valence-electron chi connectivity index (χ3n) is 1.11. The van der Waals surface area contributed by atoms with Crippen molar-refractivity contribution < 1.29 is 17.4 Å². The van der Waals surface area contributed by atoms with Crippen LogP contribution < -0.4 is 0 Å². The summed E-state index contributed by atoms with van der Waals surface area (Å²) in [6.45, 7) is 2.10. The highest BCUT2D eigenvalue weighted by molar-refractivity contribution is 8.00. The number of unbranched alkanes of at least 4 members (excludes halogenated alkanes) is 2. The molecule has 0 aliphatic rings. The lowest BCUT2D eigenvalue weighted by molar-refractivity contribution is 0.314. The minimum atomic E-state index is -3.88. The predicted molar refractivity (Wildman–Crippen MR) is 41.1 cm³/mol. The van der Waals surface area contributed by atoms with Gasteiger partial charge in [-0.25, -0.2) is 0 Å². The number of hydrogen-bond donors (Lipinski definition) is 0. The van der Waals surface area contributed by atoms with E-state index in [1.807, 2.05) is 6.92 Å². The van der Waals surface area contributed by atoms with Crippen molar-refractivity contribution in [1.82, 2.24) is 0 Å². The molecule has 0 bridgehead atoms. The first-order valence-corrected chi connectivity index (χ1v) is 4.94. The zero-order valence-corrected chi connectivity index (χ0v) is 7.26. The Labute approximate surface area is 66.7 Å². The van der Waals surface area contributed by atoms with Gasteiger partial charge in [0.1, 0.15) is 0 Å². The summed E-state index contributed by atoms with van der Waals surface area (Å²) in [6, 6.07) is 0. The molecule has 0 aliphatic heterocycles. The second-order valence-corrected chi connectivity index (χ2v) is 3.53. The predicted octanol–water partition coefficient (Wildman–Crippen LogP) is 0.713. The van der Waals surface area contributed by atoms with Crippen molar-refractivity contribution in [1.29, 1.82) is 0 Å². The molecular weight excluding hydrogens is 168 g/mol. The van der Waals surface area contributed by atoms with Gasteiger partial charge in [-0.1, -0.05) is 19.8 Å². The molecule has 0 unspecified atom stereocenters. The third-order valence-corrected chi connectivity index (χ3v) is 1.84. The highest BCUT2D eigenvalue weighted by Gasteiger charge is 2.06. The van der Waals surface area contributed by atoms with Crippen LogP contribution in [0.5, 0.6) is 0 Å². The van der Waals surface area contributed by atoms with Crippen LogP contribution >= 0.6 is 0 Å². The maximum atomic E-state index is 10.4. The van der Waals surface area contributed by atoms with Gasteiger partial charge >= 0.3 is 10.1 Å². The van der Waals surface area contributed by atoms with Crippen molar-refractivity contribution in [3.05, 3.63) is 0 Å². The van der Waals surface area contributed by atoms with Crippen molar-refractivity contribution in [2.75, 3.05) is 6.61 Å². The molecular formula is C6H12O4S. The molecule has 0 N–H and O–H groups in total. The van der Waals surface area contributed by atoms with Gasteiger partial charge in [-0.2, -0.15) is 8.42 Å². The summed E-state index contributed by atoms with van der Waals surface area (Å²) in [7, 11) is -3.88. The molecule has 0 radical (unpaired) electrons. The second kappa shape index (κ2) is 5.26. The summed E-state index contributed by atoms with van der Waals surface area (Å²) in [5.41, 5.74) is -0.182. The molecule has 5 heteroatoms. The zero-order chi connectivity index (χ0) is 8.74. The molecule has 0 aromatic carbocycles. The Kier molecular flexibility index (Phi) is 5.06. The summed E-state index contributed by atoms with van der Waals surface area (Å²) in [6.07, 6.45) is 2.57. The first kappa shape index (κ1) is 10.6. The van der Waals surface area contributed by atoms with Crippen LogP contribution in [0, 0.1) is 0 Å². The van der Waals surface area contributed by atoms with Crippen LogP contribution in [-0.4, -0.2) is 20.6 Å². The van der Waals surface area contributed by atoms with E-state index in [-0.39, 0.29) is 12.2 Å². The fourth-order valence-corrected chi connectivity index (χ4v) is 0.961. The Morgan fingerprint density at radius 2 is 2.00 bits per heavy atom. The van der Waals surface area contributed by atoms with Crippen molar-refractivity contribution in [2.45, 2.75) is 26.2 Å². The second-order valence-electron chi connectivity index (χ2n) is 2.12. The highest BCUT2D eigenvalue weighted by Crippen LogP contribution is 1.96. The van der Waals surface area contributed by atoms with Crippen LogP contribution in [-0.2, 0) is 19.1 Å². The van der Waals surface area contributed by atoms with E-state index in [1.54, 1.807) is 0 Å². The van der Waals surface area contributed by atoms with E-state index in [0.29, 0.717) is 6.42 Å². The molecule has 0 fully saturated rings. The highest BCUT2D eigenvalue weighted by atomic mass is 32.2. The minimum Gasteiger partial charge on any atom is -0.283 e. The maximum absolute atomic E-state index is 10.4. The fraction of sp³-hybridized carbons (Fsp3) is 0.833. The smallest absolute Gasteiger partial charge is 0.283 e. The maximum Gasteiger partial charge on any atom is 0.328 e. The SMILES string of the molecule is CCCCCOS(=O)(=O)C=O. The van der Waals surface area contributed by atoms with Gasteiger partial charge in [0, 0.05) is 0 Å². The Balaban J connectivity index is 3.47. The van der Waals surface area contributed by atoms with Crippen LogP contribution in [0.4, 0.5) is 0 Å². The summed E-state index contributed by atoms with van der Waals surface area (Å²) in [5.74, 6) is 0. The molecule has 0 saturated carbocycles. The topological polar surface area (TPSA) is 60.4 Å². The number of hydrogen-bond acceptors (Lipinski definition) is 4. The van der Waals surface area contributed by atoms with Gasteiger partial charge in [-0.15, -0.1) is 0 Å². The average Bonchev–Trinajstić information content (AvgIpc) is 1.99. The number of carbonyl (C=O) groups is 1. The average molecular weight is 180 g/mol. The normalized spacial score (nSPS) is 11.4. The Morgan fingerprint density at radius 1 is 1.36 bits per heavy atom. The Morgan fingerprint density at radius 3 is 2.45 bits per heavy atom. The summed E-state index contributed by atoms with van der Waals surface area (Å²) in [4.78, 5) is 9.78. The lowest BCUT2D eigenvalue weighted by atomic mass is 10.3. The van der Waals surface area contributed by atoms with Gasteiger partial charge in [-0.05, 0) is 6.42 Å². The van der Waals surface area contributed by atoms with E-state index in [2.05, 4.69) is 4.18 Å². The molecule has 0 rings (SSSR count). The van der Waals surface area contributed by atoms with E-state index >= 15 is 0 Å². The fourth-order valence-electron chi connectivity index (χ4n) is 0.555. The number of carbonyl (C=O) groups excluding carboxylic acids is 1. The van der Waals surface area contributed by atoms with Crippen LogP contribution in [0.15, 0.2) is 0 Å². The molecule has 4 nitrogen and oxygen atoms in total. The molecule has 11 heavy (non-hydrogen) atoms. The summed E-state index contributed by atoms with van der Waals surface area (Å²) < 4.78 is 25.0. The monoisotopic (exact) mass is 180 g/mol. The van der Waals surface area contributed by atoms with Gasteiger partial charge in [-0.3, -0.25) is 8.98 Å². The minimum absolute atomic E-state index is 0.106. The molecule has 0 aromatic heterocycles. The molecule has 0 aliphatic carbocycles. The Bertz CT molecular complexity index is 195. The first-order chi connectivity index (χ1) is 5.12. The first-order valence-electron chi connectivity index (χ1n) is 3.47. The van der Waals surface area contributed by atoms with Gasteiger partial charge in [0.2, 0.25) is 0 Å². The van der Waals surface area contributed by atoms with Crippen LogP contribution in [0.3, 0.4) is 0 Å². The van der Waals surface area contributed by atoms with Crippen molar-refractivity contribution >= 4 is 15.7 Å². The molecule has 0 atom stereocenters. The summed E-state index contributed by atoms with van der Waals surface area (Å²) in [5, 5.41) is 0. The molecule has 0 heterocycles. The van der Waals surface area contributed by atoms with E-state index in [0.717, 1.165) is 12.8 Å². The lowest BCUT2D eigenvalue weighted by Gasteiger charge is -1.97. The Hall–Kier alpha value is -0.420. The quantitative estimate of drug-likeness (QED) is 0.343. The third kappa shape index (κ3) is 6.00. The molecule has 66 valence electrons. The lowest BCUT2D eigenvalue weighted by Crippen LogP contribution is -2.07. The van der Waals surface area contributed by atoms with Crippen molar-refractivity contribution in [3.8, 4) is 0 Å². The van der Waals surface area contributed by atoms with Crippen molar-refractivity contribution in [3.63, 3.8) is 0 Å². The van der Waals surface area contributed by atoms with Crippen LogP contribution in [0.25, 0.3) is 0 Å². The van der Waals surface area contributed by atoms with Crippen molar-refractivity contribution in [2.24, 2.45) is 0 Å². The van der Waals surface area contributed by atoms with Gasteiger partial charge in [0.05, 0.1) is 6.61 Å². The zero-order valence-electron chi connectivity index (χ0n) is 6.45. The van der Waals surface area contributed by atoms with Crippen LogP contribution in [0.1, 0.15) is 26.2 Å². The van der Waals surface area contributed by atoms with E-state index in [4.69, 9.17) is 0 Å². The molecule has 0 aromatic rings. The molecule has 0 spiro atoms. The van der Waals surface area contributed by atoms with Gasteiger partial charge in [0.15, 0.2) is 0 Å². The number of rotatable bonds is 6.